The zero-order valence-corrected chi connectivity index (χ0v) is 13.2. The summed E-state index contributed by atoms with van der Waals surface area (Å²) in [6.07, 6.45) is 0. The molecule has 4 nitrogen and oxygen atoms in total. The van der Waals surface area contributed by atoms with Crippen molar-refractivity contribution in [3.63, 3.8) is 0 Å². The summed E-state index contributed by atoms with van der Waals surface area (Å²) >= 11 is 1.35. The number of hydrogen-bond acceptors (Lipinski definition) is 4. The van der Waals surface area contributed by atoms with Gasteiger partial charge in [-0.15, -0.1) is 11.3 Å². The van der Waals surface area contributed by atoms with E-state index in [-0.39, 0.29) is 18.5 Å². The van der Waals surface area contributed by atoms with Crippen LogP contribution in [0.3, 0.4) is 0 Å². The Labute approximate surface area is 141 Å². The van der Waals surface area contributed by atoms with E-state index < -0.39 is 0 Å². The Balaban J connectivity index is 1.52. The largest absolute Gasteiger partial charge is 0.454 e. The topological polar surface area (TPSA) is 47.6 Å². The van der Waals surface area contributed by atoms with Crippen LogP contribution in [0.4, 0.5) is 10.1 Å². The molecule has 0 radical (unpaired) electrons. The van der Waals surface area contributed by atoms with Crippen molar-refractivity contribution in [3.05, 3.63) is 65.3 Å². The fourth-order valence-electron chi connectivity index (χ4n) is 2.40. The van der Waals surface area contributed by atoms with Gasteiger partial charge < -0.3 is 14.8 Å². The smallest absolute Gasteiger partial charge is 0.265 e. The highest BCUT2D eigenvalue weighted by Gasteiger charge is 2.15. The summed E-state index contributed by atoms with van der Waals surface area (Å²) in [5.74, 6) is 0.803. The van der Waals surface area contributed by atoms with E-state index in [1.165, 1.54) is 23.5 Å². The first-order chi connectivity index (χ1) is 11.7. The van der Waals surface area contributed by atoms with Crippen LogP contribution in [0.15, 0.2) is 54.6 Å². The second-order valence-corrected chi connectivity index (χ2v) is 6.28. The lowest BCUT2D eigenvalue weighted by molar-refractivity contribution is 0.103. The quantitative estimate of drug-likeness (QED) is 0.761. The third-order valence-corrected chi connectivity index (χ3v) is 4.72. The Bertz CT molecular complexity index is 905. The number of thiophene rings is 1. The van der Waals surface area contributed by atoms with Gasteiger partial charge in [-0.3, -0.25) is 4.79 Å². The maximum absolute atomic E-state index is 13.0. The van der Waals surface area contributed by atoms with Gasteiger partial charge in [0.15, 0.2) is 11.5 Å². The van der Waals surface area contributed by atoms with Crippen LogP contribution in [0.25, 0.3) is 10.4 Å². The van der Waals surface area contributed by atoms with E-state index >= 15 is 0 Å². The summed E-state index contributed by atoms with van der Waals surface area (Å²) in [4.78, 5) is 13.9. The highest BCUT2D eigenvalue weighted by molar-refractivity contribution is 7.17. The third kappa shape index (κ3) is 2.83. The first-order valence-electron chi connectivity index (χ1n) is 7.26. The van der Waals surface area contributed by atoms with E-state index in [1.54, 1.807) is 36.4 Å². The zero-order chi connectivity index (χ0) is 16.5. The molecule has 24 heavy (non-hydrogen) atoms. The number of carbonyl (C=O) groups excluding carboxylic acids is 1. The molecule has 1 aromatic heterocycles. The van der Waals surface area contributed by atoms with Crippen LogP contribution in [-0.2, 0) is 0 Å². The molecule has 0 spiro atoms. The van der Waals surface area contributed by atoms with Gasteiger partial charge in [0.2, 0.25) is 6.79 Å². The molecule has 2 aromatic carbocycles. The van der Waals surface area contributed by atoms with Crippen LogP contribution in [0.1, 0.15) is 9.67 Å². The van der Waals surface area contributed by atoms with Crippen LogP contribution in [0, 0.1) is 5.82 Å². The number of halogens is 1. The summed E-state index contributed by atoms with van der Waals surface area (Å²) in [5, 5.41) is 2.84. The number of hydrogen-bond donors (Lipinski definition) is 1. The predicted molar refractivity (Wildman–Crippen MR) is 90.2 cm³/mol. The summed E-state index contributed by atoms with van der Waals surface area (Å²) in [6.45, 7) is 0.193. The van der Waals surface area contributed by atoms with Crippen LogP contribution in [-0.4, -0.2) is 12.7 Å². The van der Waals surface area contributed by atoms with E-state index in [9.17, 15) is 9.18 Å². The Hall–Kier alpha value is -2.86. The lowest BCUT2D eigenvalue weighted by Gasteiger charge is -2.04. The maximum atomic E-state index is 13.0. The fraction of sp³-hybridized carbons (Fsp3) is 0.0556. The van der Waals surface area contributed by atoms with Crippen molar-refractivity contribution in [1.82, 2.24) is 0 Å². The number of anilines is 1. The van der Waals surface area contributed by atoms with Crippen LogP contribution in [0.2, 0.25) is 0 Å². The van der Waals surface area contributed by atoms with Gasteiger partial charge in [-0.1, -0.05) is 12.1 Å². The number of benzene rings is 2. The van der Waals surface area contributed by atoms with Crippen LogP contribution in [0.5, 0.6) is 11.5 Å². The number of amides is 1. The Morgan fingerprint density at radius 3 is 2.62 bits per heavy atom. The van der Waals surface area contributed by atoms with E-state index in [1.807, 2.05) is 6.07 Å². The predicted octanol–water partition coefficient (Wildman–Crippen LogP) is 4.54. The number of fused-ring (bicyclic) bond motifs is 1. The Morgan fingerprint density at radius 2 is 1.79 bits per heavy atom. The average Bonchev–Trinajstić information content (AvgIpc) is 3.24. The second kappa shape index (κ2) is 5.98. The minimum atomic E-state index is -0.281. The van der Waals surface area contributed by atoms with Crippen molar-refractivity contribution in [3.8, 4) is 21.9 Å². The van der Waals surface area contributed by atoms with Crippen molar-refractivity contribution in [2.24, 2.45) is 0 Å². The molecule has 4 rings (SSSR count). The number of ether oxygens (including phenoxy) is 2. The lowest BCUT2D eigenvalue weighted by atomic mass is 10.2. The molecule has 1 aliphatic rings. The minimum absolute atomic E-state index is 0.193. The standard InChI is InChI=1S/C18H12FNO3S/c19-12-3-1-11(2-4-12)16-7-8-17(24-16)18(21)20-13-5-6-14-15(9-13)23-10-22-14/h1-9H,10H2,(H,20,21). The molecule has 1 aliphatic heterocycles. The highest BCUT2D eigenvalue weighted by Crippen LogP contribution is 2.35. The molecule has 1 N–H and O–H groups in total. The van der Waals surface area contributed by atoms with E-state index in [0.717, 1.165) is 10.4 Å². The highest BCUT2D eigenvalue weighted by atomic mass is 32.1. The molecule has 0 bridgehead atoms. The molecule has 0 aliphatic carbocycles. The van der Waals surface area contributed by atoms with Gasteiger partial charge in [0.05, 0.1) is 4.88 Å². The molecule has 120 valence electrons. The third-order valence-electron chi connectivity index (χ3n) is 3.59. The molecule has 0 saturated heterocycles. The number of carbonyl (C=O) groups is 1. The van der Waals surface area contributed by atoms with Gasteiger partial charge in [0.25, 0.3) is 5.91 Å². The van der Waals surface area contributed by atoms with Crippen LogP contribution >= 0.6 is 11.3 Å². The lowest BCUT2D eigenvalue weighted by Crippen LogP contribution is -2.09. The summed E-state index contributed by atoms with van der Waals surface area (Å²) in [5.41, 5.74) is 1.52. The maximum Gasteiger partial charge on any atom is 0.265 e. The molecule has 0 saturated carbocycles. The first kappa shape index (κ1) is 14.7. The van der Waals surface area contributed by atoms with E-state index in [4.69, 9.17) is 9.47 Å². The zero-order valence-electron chi connectivity index (χ0n) is 12.4. The molecule has 0 fully saturated rings. The monoisotopic (exact) mass is 341 g/mol. The van der Waals surface area contributed by atoms with Crippen molar-refractivity contribution < 1.29 is 18.7 Å². The van der Waals surface area contributed by atoms with Gasteiger partial charge in [-0.05, 0) is 42.0 Å². The van der Waals surface area contributed by atoms with Gasteiger partial charge in [0.1, 0.15) is 5.82 Å². The summed E-state index contributed by atoms with van der Waals surface area (Å²) < 4.78 is 23.5. The van der Waals surface area contributed by atoms with Gasteiger partial charge in [-0.2, -0.15) is 0 Å². The number of rotatable bonds is 3. The second-order valence-electron chi connectivity index (χ2n) is 5.19. The fourth-order valence-corrected chi connectivity index (χ4v) is 3.30. The van der Waals surface area contributed by atoms with Gasteiger partial charge >= 0.3 is 0 Å². The molecule has 2 heterocycles. The van der Waals surface area contributed by atoms with Gasteiger partial charge in [-0.25, -0.2) is 4.39 Å². The Kier molecular flexibility index (Phi) is 3.66. The van der Waals surface area contributed by atoms with Crippen molar-refractivity contribution in [1.29, 1.82) is 0 Å². The first-order valence-corrected chi connectivity index (χ1v) is 8.07. The molecule has 0 unspecified atom stereocenters. The molecule has 3 aromatic rings. The SMILES string of the molecule is O=C(Nc1ccc2c(c1)OCO2)c1ccc(-c2ccc(F)cc2)s1. The molecule has 0 atom stereocenters. The Morgan fingerprint density at radius 1 is 1.00 bits per heavy atom. The minimum Gasteiger partial charge on any atom is -0.454 e. The van der Waals surface area contributed by atoms with Crippen molar-refractivity contribution in [2.75, 3.05) is 12.1 Å². The average molecular weight is 341 g/mol. The van der Waals surface area contributed by atoms with E-state index in [2.05, 4.69) is 5.32 Å². The molecule has 6 heteroatoms. The number of nitrogens with one attached hydrogen (secondary N) is 1. The summed E-state index contributed by atoms with van der Waals surface area (Å²) in [6, 6.07) is 15.1. The van der Waals surface area contributed by atoms with Crippen molar-refractivity contribution in [2.45, 2.75) is 0 Å². The molecular formula is C18H12FNO3S. The van der Waals surface area contributed by atoms with Crippen LogP contribution < -0.4 is 14.8 Å². The van der Waals surface area contributed by atoms with Gasteiger partial charge in [0, 0.05) is 16.6 Å². The molecular weight excluding hydrogens is 329 g/mol. The normalized spacial score (nSPS) is 12.2. The van der Waals surface area contributed by atoms with E-state index in [0.29, 0.717) is 22.1 Å². The molecule has 1 amide bonds. The summed E-state index contributed by atoms with van der Waals surface area (Å²) in [7, 11) is 0. The van der Waals surface area contributed by atoms with Crippen molar-refractivity contribution >= 4 is 22.9 Å².